The number of hydrogen-bond acceptors (Lipinski definition) is 5. The molecule has 2 aromatic rings. The lowest BCUT2D eigenvalue weighted by Gasteiger charge is -2.20. The van der Waals surface area contributed by atoms with Gasteiger partial charge >= 0.3 is 0 Å². The van der Waals surface area contributed by atoms with Gasteiger partial charge in [0.25, 0.3) is 0 Å². The summed E-state index contributed by atoms with van der Waals surface area (Å²) in [5.41, 5.74) is 1.06. The highest BCUT2D eigenvalue weighted by Crippen LogP contribution is 2.06. The highest BCUT2D eigenvalue weighted by Gasteiger charge is 2.15. The van der Waals surface area contributed by atoms with Crippen LogP contribution in [0.15, 0.2) is 23.2 Å². The summed E-state index contributed by atoms with van der Waals surface area (Å²) < 4.78 is 2.09. The van der Waals surface area contributed by atoms with E-state index in [-0.39, 0.29) is 0 Å². The van der Waals surface area contributed by atoms with Crippen molar-refractivity contribution in [2.45, 2.75) is 40.7 Å². The van der Waals surface area contributed by atoms with Crippen molar-refractivity contribution in [3.05, 3.63) is 46.1 Å². The molecule has 0 saturated heterocycles. The molecule has 0 fully saturated rings. The van der Waals surface area contributed by atoms with E-state index in [2.05, 4.69) is 50.8 Å². The van der Waals surface area contributed by atoms with Crippen LogP contribution in [-0.4, -0.2) is 45.9 Å². The minimum atomic E-state index is 0.379. The first-order valence-electron chi connectivity index (χ1n) is 10.1. The molecule has 3 heterocycles. The molecule has 0 spiro atoms. The molecule has 0 amide bonds. The number of rotatable bonds is 3. The first-order chi connectivity index (χ1) is 14.0. The van der Waals surface area contributed by atoms with Gasteiger partial charge in [-0.15, -0.1) is 0 Å². The van der Waals surface area contributed by atoms with Crippen LogP contribution in [0.5, 0.6) is 0 Å². The van der Waals surface area contributed by atoms with Crippen molar-refractivity contribution in [1.29, 1.82) is 5.26 Å². The van der Waals surface area contributed by atoms with E-state index in [0.717, 1.165) is 28.9 Å². The number of aliphatic imine (C=N–C) groups is 1. The number of nitrogens with zero attached hydrogens (tertiary/aromatic N) is 6. The molecule has 156 valence electrons. The standard InChI is InChI=1S/C17H19N7.C3H8.C2H6/c1-19-17(13-6-4-5-12(9-18)21-13)23(2)11-16-22-14-10-20-8-7-15(14)24(16)3;1-3-2;1-2/h4-7,10,20H,8,11H2,1-3H3;3H2,1-2H3;1-2H3. The quantitative estimate of drug-likeness (QED) is 0.633. The molecule has 0 radical (unpaired) electrons. The van der Waals surface area contributed by atoms with Gasteiger partial charge in [0.1, 0.15) is 34.5 Å². The maximum absolute atomic E-state index is 9.03. The second-order valence-electron chi connectivity index (χ2n) is 6.24. The fraction of sp³-hybridized carbons (Fsp3) is 0.455. The van der Waals surface area contributed by atoms with Crippen LogP contribution in [0.4, 0.5) is 0 Å². The molecular formula is C22H33N7. The molecule has 0 bridgehead atoms. The van der Waals surface area contributed by atoms with Crippen molar-refractivity contribution in [3.8, 4) is 6.07 Å². The molecule has 2 aromatic heterocycles. The van der Waals surface area contributed by atoms with E-state index in [9.17, 15) is 0 Å². The molecule has 1 N–H and O–H groups in total. The molecule has 0 saturated carbocycles. The van der Waals surface area contributed by atoms with Crippen molar-refractivity contribution >= 4 is 18.1 Å². The molecule has 1 aliphatic heterocycles. The van der Waals surface area contributed by atoms with E-state index in [4.69, 9.17) is 5.26 Å². The summed E-state index contributed by atoms with van der Waals surface area (Å²) in [6.45, 7) is 9.66. The minimum Gasteiger partial charge on any atom is -0.386 e. The smallest absolute Gasteiger partial charge is 0.149 e. The molecule has 0 aliphatic carbocycles. The Balaban J connectivity index is 0.000000771. The van der Waals surface area contributed by atoms with Gasteiger partial charge in [-0.25, -0.2) is 9.97 Å². The third-order valence-electron chi connectivity index (χ3n) is 3.96. The van der Waals surface area contributed by atoms with Gasteiger partial charge in [0.2, 0.25) is 0 Å². The first kappa shape index (κ1) is 23.9. The number of nitriles is 1. The average Bonchev–Trinajstić information content (AvgIpc) is 3.06. The van der Waals surface area contributed by atoms with E-state index in [1.54, 1.807) is 13.1 Å². The van der Waals surface area contributed by atoms with Crippen LogP contribution in [0, 0.1) is 11.3 Å². The Morgan fingerprint density at radius 3 is 2.59 bits per heavy atom. The van der Waals surface area contributed by atoms with E-state index < -0.39 is 0 Å². The third kappa shape index (κ3) is 6.18. The normalized spacial score (nSPS) is 11.7. The zero-order chi connectivity index (χ0) is 21.8. The first-order valence-corrected chi connectivity index (χ1v) is 10.1. The Morgan fingerprint density at radius 1 is 1.31 bits per heavy atom. The Morgan fingerprint density at radius 2 is 2.00 bits per heavy atom. The fourth-order valence-electron chi connectivity index (χ4n) is 2.77. The molecule has 0 unspecified atom stereocenters. The topological polar surface area (TPSA) is 82.1 Å². The van der Waals surface area contributed by atoms with Crippen molar-refractivity contribution in [3.63, 3.8) is 0 Å². The minimum absolute atomic E-state index is 0.379. The van der Waals surface area contributed by atoms with Crippen LogP contribution >= 0.6 is 0 Å². The maximum Gasteiger partial charge on any atom is 0.149 e. The second-order valence-corrected chi connectivity index (χ2v) is 6.24. The van der Waals surface area contributed by atoms with Crippen molar-refractivity contribution in [1.82, 2.24) is 24.8 Å². The fourth-order valence-corrected chi connectivity index (χ4v) is 2.77. The number of pyridine rings is 1. The van der Waals surface area contributed by atoms with Crippen molar-refractivity contribution < 1.29 is 0 Å². The number of nitrogens with one attached hydrogen (secondary N) is 1. The maximum atomic E-state index is 9.03. The van der Waals surface area contributed by atoms with E-state index >= 15 is 0 Å². The van der Waals surface area contributed by atoms with Crippen molar-refractivity contribution in [2.75, 3.05) is 20.6 Å². The van der Waals surface area contributed by atoms with E-state index in [1.165, 1.54) is 6.42 Å². The predicted molar refractivity (Wildman–Crippen MR) is 120 cm³/mol. The van der Waals surface area contributed by atoms with Gasteiger partial charge in [-0.1, -0.05) is 40.2 Å². The third-order valence-corrected chi connectivity index (χ3v) is 3.96. The molecule has 0 atom stereocenters. The zero-order valence-electron chi connectivity index (χ0n) is 18.7. The number of imidazole rings is 1. The molecule has 0 aromatic carbocycles. The number of amidine groups is 1. The van der Waals surface area contributed by atoms with Crippen LogP contribution < -0.4 is 16.0 Å². The van der Waals surface area contributed by atoms with Gasteiger partial charge in [-0.3, -0.25) is 4.99 Å². The van der Waals surface area contributed by atoms with Gasteiger partial charge in [-0.2, -0.15) is 5.26 Å². The summed E-state index contributed by atoms with van der Waals surface area (Å²) >= 11 is 0. The van der Waals surface area contributed by atoms with Crippen LogP contribution in [0.3, 0.4) is 0 Å². The summed E-state index contributed by atoms with van der Waals surface area (Å²) in [5, 5.41) is 14.3. The van der Waals surface area contributed by atoms with Crippen molar-refractivity contribution in [2.24, 2.45) is 12.0 Å². The van der Waals surface area contributed by atoms with Gasteiger partial charge in [0, 0.05) is 33.9 Å². The monoisotopic (exact) mass is 395 g/mol. The lowest BCUT2D eigenvalue weighted by Crippen LogP contribution is -2.36. The van der Waals surface area contributed by atoms with E-state index in [1.807, 2.05) is 51.2 Å². The average molecular weight is 396 g/mol. The zero-order valence-corrected chi connectivity index (χ0v) is 18.7. The van der Waals surface area contributed by atoms with Gasteiger partial charge in [0.15, 0.2) is 0 Å². The molecule has 3 rings (SSSR count). The Labute approximate surface area is 174 Å². The molecule has 1 aliphatic rings. The molecule has 7 heteroatoms. The summed E-state index contributed by atoms with van der Waals surface area (Å²) in [6, 6.07) is 7.41. The highest BCUT2D eigenvalue weighted by molar-refractivity contribution is 5.96. The summed E-state index contributed by atoms with van der Waals surface area (Å²) in [6.07, 6.45) is 5.31. The highest BCUT2D eigenvalue weighted by atomic mass is 15.2. The van der Waals surface area contributed by atoms with Gasteiger partial charge in [0.05, 0.1) is 11.9 Å². The number of hydrogen-bond donors (Lipinski definition) is 1. The van der Waals surface area contributed by atoms with E-state index in [0.29, 0.717) is 17.9 Å². The van der Waals surface area contributed by atoms with Crippen LogP contribution in [0.25, 0.3) is 12.3 Å². The lowest BCUT2D eigenvalue weighted by atomic mass is 10.2. The van der Waals surface area contributed by atoms with Crippen LogP contribution in [-0.2, 0) is 13.6 Å². The molecule has 29 heavy (non-hydrogen) atoms. The lowest BCUT2D eigenvalue weighted by molar-refractivity contribution is 0.471. The van der Waals surface area contributed by atoms with Gasteiger partial charge in [-0.05, 0) is 18.2 Å². The summed E-state index contributed by atoms with van der Waals surface area (Å²) in [4.78, 5) is 15.3. The summed E-state index contributed by atoms with van der Waals surface area (Å²) in [7, 11) is 5.69. The van der Waals surface area contributed by atoms with Crippen LogP contribution in [0.1, 0.15) is 51.3 Å². The number of fused-ring (bicyclic) bond motifs is 1. The van der Waals surface area contributed by atoms with Crippen LogP contribution in [0.2, 0.25) is 0 Å². The Bertz CT molecular complexity index is 964. The Kier molecular flexibility index (Phi) is 10.2. The predicted octanol–water partition coefficient (Wildman–Crippen LogP) is 1.76. The second kappa shape index (κ2) is 12.3. The molecule has 7 nitrogen and oxygen atoms in total. The SMILES string of the molecule is CC.CCC.CN=C(c1cccc(C#N)n1)N(C)Cc1nc2c(n1C)=CCNC=2. The molecular weight excluding hydrogens is 362 g/mol. The van der Waals surface area contributed by atoms with Gasteiger partial charge < -0.3 is 14.8 Å². The summed E-state index contributed by atoms with van der Waals surface area (Å²) in [5.74, 6) is 1.66. The Hall–Kier alpha value is -3.14. The number of aromatic nitrogens is 3. The largest absolute Gasteiger partial charge is 0.386 e.